The van der Waals surface area contributed by atoms with Gasteiger partial charge in [-0.2, -0.15) is 5.10 Å². The fraction of sp³-hybridized carbons (Fsp3) is 0.0588. The number of thioether (sulfide) groups is 1. The molecular formula is C17H12F2N4S. The summed E-state index contributed by atoms with van der Waals surface area (Å²) < 4.78 is 28.2. The van der Waals surface area contributed by atoms with Crippen molar-refractivity contribution < 1.29 is 8.78 Å². The highest BCUT2D eigenvalue weighted by Gasteiger charge is 2.09. The summed E-state index contributed by atoms with van der Waals surface area (Å²) in [7, 11) is 0. The largest absolute Gasteiger partial charge is 0.333 e. The molecule has 0 aliphatic heterocycles. The molecule has 2 heterocycles. The van der Waals surface area contributed by atoms with Crippen LogP contribution in [0.3, 0.4) is 0 Å². The zero-order chi connectivity index (χ0) is 16.5. The molecule has 4 aromatic rings. The summed E-state index contributed by atoms with van der Waals surface area (Å²) in [6.45, 7) is 0. The molecule has 7 heteroatoms. The summed E-state index contributed by atoms with van der Waals surface area (Å²) in [5, 5.41) is 4.81. The van der Waals surface area contributed by atoms with Gasteiger partial charge in [-0.25, -0.2) is 18.4 Å². The third-order valence-corrected chi connectivity index (χ3v) is 4.53. The van der Waals surface area contributed by atoms with E-state index in [9.17, 15) is 8.78 Å². The first kappa shape index (κ1) is 14.9. The van der Waals surface area contributed by atoms with Crippen LogP contribution < -0.4 is 0 Å². The number of nitrogens with zero attached hydrogens (tertiary/aromatic N) is 3. The molecule has 0 atom stereocenters. The molecule has 0 spiro atoms. The van der Waals surface area contributed by atoms with Gasteiger partial charge in [0, 0.05) is 30.3 Å². The van der Waals surface area contributed by atoms with Gasteiger partial charge >= 0.3 is 0 Å². The number of hydrogen-bond acceptors (Lipinski definition) is 3. The number of halogens is 2. The number of imidazole rings is 1. The van der Waals surface area contributed by atoms with E-state index in [4.69, 9.17) is 0 Å². The van der Waals surface area contributed by atoms with Gasteiger partial charge < -0.3 is 4.98 Å². The Bertz CT molecular complexity index is 939. The van der Waals surface area contributed by atoms with E-state index >= 15 is 0 Å². The Kier molecular flexibility index (Phi) is 3.78. The van der Waals surface area contributed by atoms with Crippen molar-refractivity contribution in [2.75, 3.05) is 0 Å². The van der Waals surface area contributed by atoms with Gasteiger partial charge in [0.05, 0.1) is 16.7 Å². The van der Waals surface area contributed by atoms with E-state index in [0.717, 1.165) is 23.4 Å². The molecule has 0 saturated heterocycles. The lowest BCUT2D eigenvalue weighted by Crippen LogP contribution is -1.93. The normalized spacial score (nSPS) is 11.2. The van der Waals surface area contributed by atoms with Crippen molar-refractivity contribution in [1.82, 2.24) is 19.7 Å². The summed E-state index contributed by atoms with van der Waals surface area (Å²) >= 11 is 1.48. The van der Waals surface area contributed by atoms with Crippen LogP contribution in [-0.2, 0) is 5.75 Å². The third kappa shape index (κ3) is 2.90. The number of fused-ring (bicyclic) bond motifs is 1. The number of H-pyrrole nitrogens is 1. The lowest BCUT2D eigenvalue weighted by atomic mass is 10.2. The number of rotatable bonds is 4. The number of hydrogen-bond donors (Lipinski definition) is 1. The predicted octanol–water partition coefficient (Wildman–Crippen LogP) is 4.32. The van der Waals surface area contributed by atoms with E-state index in [1.807, 2.05) is 36.5 Å². The quantitative estimate of drug-likeness (QED) is 0.562. The molecule has 24 heavy (non-hydrogen) atoms. The van der Waals surface area contributed by atoms with E-state index in [1.54, 1.807) is 10.9 Å². The van der Waals surface area contributed by atoms with Gasteiger partial charge in [-0.05, 0) is 23.8 Å². The average molecular weight is 342 g/mol. The summed E-state index contributed by atoms with van der Waals surface area (Å²) in [6, 6.07) is 12.1. The molecule has 0 radical (unpaired) electrons. The van der Waals surface area contributed by atoms with E-state index in [2.05, 4.69) is 15.1 Å². The fourth-order valence-electron chi connectivity index (χ4n) is 2.37. The maximum absolute atomic E-state index is 13.2. The molecular weight excluding hydrogens is 330 g/mol. The van der Waals surface area contributed by atoms with Crippen molar-refractivity contribution >= 4 is 22.8 Å². The summed E-state index contributed by atoms with van der Waals surface area (Å²) in [6.07, 6.45) is 3.62. The van der Waals surface area contributed by atoms with Crippen molar-refractivity contribution in [3.8, 4) is 5.69 Å². The Morgan fingerprint density at radius 3 is 2.62 bits per heavy atom. The van der Waals surface area contributed by atoms with Crippen LogP contribution in [0.4, 0.5) is 8.78 Å². The van der Waals surface area contributed by atoms with Crippen LogP contribution in [-0.4, -0.2) is 19.7 Å². The lowest BCUT2D eigenvalue weighted by Gasteiger charge is -2.03. The van der Waals surface area contributed by atoms with Crippen LogP contribution in [0.15, 0.2) is 60.0 Å². The van der Waals surface area contributed by atoms with Crippen molar-refractivity contribution in [3.05, 3.63) is 72.1 Å². The highest BCUT2D eigenvalue weighted by atomic mass is 32.2. The summed E-state index contributed by atoms with van der Waals surface area (Å²) in [5.41, 5.74) is 3.02. The molecule has 4 nitrogen and oxygen atoms in total. The maximum Gasteiger partial charge on any atom is 0.166 e. The standard InChI is InChI=1S/C17H12F2N4S/c18-13-8-15-16(9-14(13)19)22-17(21-15)24-10-11-2-4-12(5-3-11)23-7-1-6-20-23/h1-9H,10H2,(H,21,22). The zero-order valence-corrected chi connectivity index (χ0v) is 13.2. The number of nitrogens with one attached hydrogen (secondary N) is 1. The van der Waals surface area contributed by atoms with Crippen molar-refractivity contribution in [2.45, 2.75) is 10.9 Å². The van der Waals surface area contributed by atoms with Crippen molar-refractivity contribution in [2.24, 2.45) is 0 Å². The van der Waals surface area contributed by atoms with Gasteiger partial charge in [0.25, 0.3) is 0 Å². The summed E-state index contributed by atoms with van der Waals surface area (Å²) in [5.74, 6) is -1.07. The van der Waals surface area contributed by atoms with Gasteiger partial charge in [-0.3, -0.25) is 0 Å². The molecule has 1 N–H and O–H groups in total. The smallest absolute Gasteiger partial charge is 0.166 e. The van der Waals surface area contributed by atoms with Crippen LogP contribution in [0.25, 0.3) is 16.7 Å². The summed E-state index contributed by atoms with van der Waals surface area (Å²) in [4.78, 5) is 7.27. The minimum Gasteiger partial charge on any atom is -0.333 e. The van der Waals surface area contributed by atoms with Gasteiger partial charge in [0.15, 0.2) is 16.8 Å². The second-order valence-corrected chi connectivity index (χ2v) is 6.20. The maximum atomic E-state index is 13.2. The Labute approximate surface area is 140 Å². The second kappa shape index (κ2) is 6.09. The molecule has 0 saturated carbocycles. The lowest BCUT2D eigenvalue weighted by molar-refractivity contribution is 0.510. The molecule has 0 amide bonds. The van der Waals surface area contributed by atoms with E-state index < -0.39 is 11.6 Å². The van der Waals surface area contributed by atoms with Crippen LogP contribution in [0.1, 0.15) is 5.56 Å². The SMILES string of the molecule is Fc1cc2nc(SCc3ccc(-n4cccn4)cc3)[nH]c2cc1F. The van der Waals surface area contributed by atoms with Crippen molar-refractivity contribution in [3.63, 3.8) is 0 Å². The highest BCUT2D eigenvalue weighted by molar-refractivity contribution is 7.98. The number of benzene rings is 2. The first-order chi connectivity index (χ1) is 11.7. The monoisotopic (exact) mass is 342 g/mol. The Balaban J connectivity index is 1.48. The average Bonchev–Trinajstić information content (AvgIpc) is 3.24. The van der Waals surface area contributed by atoms with Crippen LogP contribution in [0.5, 0.6) is 0 Å². The van der Waals surface area contributed by atoms with Crippen molar-refractivity contribution in [1.29, 1.82) is 0 Å². The minimum absolute atomic E-state index is 0.422. The van der Waals surface area contributed by atoms with Gasteiger partial charge in [0.1, 0.15) is 0 Å². The van der Waals surface area contributed by atoms with Gasteiger partial charge in [-0.15, -0.1) is 0 Å². The molecule has 0 unspecified atom stereocenters. The van der Waals surface area contributed by atoms with Gasteiger partial charge in [0.2, 0.25) is 0 Å². The molecule has 0 aliphatic rings. The van der Waals surface area contributed by atoms with Crippen LogP contribution in [0, 0.1) is 11.6 Å². The topological polar surface area (TPSA) is 46.5 Å². The van der Waals surface area contributed by atoms with E-state index in [-0.39, 0.29) is 0 Å². The first-order valence-corrected chi connectivity index (χ1v) is 8.24. The van der Waals surface area contributed by atoms with E-state index in [0.29, 0.717) is 21.9 Å². The Morgan fingerprint density at radius 1 is 1.08 bits per heavy atom. The highest BCUT2D eigenvalue weighted by Crippen LogP contribution is 2.24. The Hall–Kier alpha value is -2.67. The molecule has 4 rings (SSSR count). The third-order valence-electron chi connectivity index (χ3n) is 3.58. The minimum atomic E-state index is -0.889. The molecule has 0 fully saturated rings. The molecule has 0 aliphatic carbocycles. The van der Waals surface area contributed by atoms with Gasteiger partial charge in [-0.1, -0.05) is 23.9 Å². The molecule has 2 aromatic carbocycles. The Morgan fingerprint density at radius 2 is 1.88 bits per heavy atom. The van der Waals surface area contributed by atoms with Crippen LogP contribution >= 0.6 is 11.8 Å². The predicted molar refractivity (Wildman–Crippen MR) is 89.1 cm³/mol. The van der Waals surface area contributed by atoms with Crippen LogP contribution in [0.2, 0.25) is 0 Å². The zero-order valence-electron chi connectivity index (χ0n) is 12.4. The molecule has 2 aromatic heterocycles. The first-order valence-electron chi connectivity index (χ1n) is 7.25. The number of aromatic amines is 1. The molecule has 120 valence electrons. The fourth-order valence-corrected chi connectivity index (χ4v) is 3.21. The van der Waals surface area contributed by atoms with E-state index in [1.165, 1.54) is 11.8 Å². The second-order valence-electron chi connectivity index (χ2n) is 5.23. The number of aromatic nitrogens is 4. The molecule has 0 bridgehead atoms.